The van der Waals surface area contributed by atoms with Crippen LogP contribution in [0.2, 0.25) is 0 Å². The molecule has 0 unspecified atom stereocenters. The van der Waals surface area contributed by atoms with E-state index in [1.807, 2.05) is 12.1 Å². The molecule has 63 heavy (non-hydrogen) atoms. The zero-order chi connectivity index (χ0) is 42.8. The molecule has 12 rings (SSSR count). The van der Waals surface area contributed by atoms with Gasteiger partial charge in [-0.2, -0.15) is 10.0 Å². The number of hydrogen-bond donors (Lipinski definition) is 0. The van der Waals surface area contributed by atoms with Gasteiger partial charge in [0.2, 0.25) is 0 Å². The monoisotopic (exact) mass is 832 g/mol. The first-order chi connectivity index (χ1) is 30.7. The van der Waals surface area contributed by atoms with Crippen LogP contribution in [0.1, 0.15) is 55.9 Å². The summed E-state index contributed by atoms with van der Waals surface area (Å²) in [6, 6.07) is 58.5. The summed E-state index contributed by atoms with van der Waals surface area (Å²) in [6.45, 7) is 7.80. The van der Waals surface area contributed by atoms with Gasteiger partial charge in [-0.3, -0.25) is 0 Å². The average Bonchev–Trinajstić information content (AvgIpc) is 3.81. The Morgan fingerprint density at radius 2 is 1.38 bits per heavy atom. The van der Waals surface area contributed by atoms with E-state index in [1.165, 1.54) is 76.8 Å². The third-order valence-corrected chi connectivity index (χ3v) is 17.2. The standard InChI is InChI=1S/C58H49BN2OS/c1-6-7-18-36-29-30-45(41(33-36)37-19-9-8-10-20-37)61(47-31-32-50-55(56(47)59)39-22-12-15-26-49(39)62-50)48-34-44-54(38-21-11-13-24-43(38)58(44,2)3)53-40-23-17-28-52-57(40)60(35-42(48)53)46-25-14-16-27-51(46)63(52,4)5/h8-17,19-34H,6-7,18,35H2,1-5H3. The van der Waals surface area contributed by atoms with Gasteiger partial charge in [-0.25, -0.2) is 0 Å². The second-order valence-electron chi connectivity index (χ2n) is 18.5. The van der Waals surface area contributed by atoms with Gasteiger partial charge in [0.1, 0.15) is 19.0 Å². The highest BCUT2D eigenvalue weighted by Crippen LogP contribution is 2.70. The fourth-order valence-corrected chi connectivity index (χ4v) is 13.7. The summed E-state index contributed by atoms with van der Waals surface area (Å²) in [6.07, 6.45) is 8.26. The zero-order valence-corrected chi connectivity index (χ0v) is 37.4. The molecule has 1 aromatic heterocycles. The third kappa shape index (κ3) is 5.48. The van der Waals surface area contributed by atoms with Crippen LogP contribution in [0, 0.1) is 0 Å². The van der Waals surface area contributed by atoms with Gasteiger partial charge in [-0.05, 0) is 119 Å². The minimum absolute atomic E-state index is 0.257. The van der Waals surface area contributed by atoms with Crippen LogP contribution in [0.4, 0.5) is 28.4 Å². The number of benzene rings is 8. The Bertz CT molecular complexity index is 3340. The Labute approximate surface area is 373 Å². The highest BCUT2D eigenvalue weighted by Gasteiger charge is 2.44. The predicted molar refractivity (Wildman–Crippen MR) is 269 cm³/mol. The molecule has 3 nitrogen and oxygen atoms in total. The fraction of sp³-hybridized carbons (Fsp3) is 0.172. The van der Waals surface area contributed by atoms with Gasteiger partial charge >= 0.3 is 0 Å². The highest BCUT2D eigenvalue weighted by atomic mass is 32.3. The molecule has 0 amide bonds. The molecule has 3 heterocycles. The van der Waals surface area contributed by atoms with Crippen molar-refractivity contribution in [1.82, 2.24) is 0 Å². The first-order valence-electron chi connectivity index (χ1n) is 22.4. The number of nitrogens with zero attached hydrogens (tertiary/aromatic N) is 2. The van der Waals surface area contributed by atoms with Crippen LogP contribution in [0.25, 0.3) is 55.3 Å². The van der Waals surface area contributed by atoms with Gasteiger partial charge in [0.15, 0.2) is 0 Å². The molecule has 0 bridgehead atoms. The molecule has 0 N–H and O–H groups in total. The maximum absolute atomic E-state index is 7.64. The van der Waals surface area contributed by atoms with Gasteiger partial charge in [-0.1, -0.05) is 136 Å². The van der Waals surface area contributed by atoms with Crippen molar-refractivity contribution in [2.24, 2.45) is 0 Å². The normalized spacial score (nSPS) is 15.3. The summed E-state index contributed by atoms with van der Waals surface area (Å²) in [7, 11) is 6.33. The van der Waals surface area contributed by atoms with Crippen molar-refractivity contribution >= 4 is 73.7 Å². The van der Waals surface area contributed by atoms with Crippen LogP contribution >= 0.6 is 10.0 Å². The second-order valence-corrected chi connectivity index (χ2v) is 22.0. The summed E-state index contributed by atoms with van der Waals surface area (Å²) >= 11 is 0. The Hall–Kier alpha value is -6.43. The summed E-state index contributed by atoms with van der Waals surface area (Å²) in [5.74, 6) is 0. The molecule has 9 aromatic rings. The second kappa shape index (κ2) is 14.0. The Kier molecular flexibility index (Phi) is 8.53. The SMILES string of the molecule is [B]c1c(N(c2ccc(CCCC)cc2-c2ccccc2)c2cc3c(c4c2CN2c5ccccc5S(C)(C)c5cccc-4c52)-c2ccccc2C3(C)C)ccc2oc3ccccc3c12. The van der Waals surface area contributed by atoms with E-state index < -0.39 is 10.0 Å². The van der Waals surface area contributed by atoms with E-state index in [4.69, 9.17) is 12.3 Å². The maximum atomic E-state index is 7.64. The first-order valence-corrected chi connectivity index (χ1v) is 24.8. The van der Waals surface area contributed by atoms with Gasteiger partial charge in [0, 0.05) is 48.4 Å². The van der Waals surface area contributed by atoms with Crippen molar-refractivity contribution in [2.75, 3.05) is 22.3 Å². The minimum Gasteiger partial charge on any atom is -0.456 e. The average molecular weight is 833 g/mol. The number of unbranched alkanes of at least 4 members (excludes halogenated alkanes) is 1. The van der Waals surface area contributed by atoms with Crippen LogP contribution in [0.15, 0.2) is 172 Å². The number of aryl methyl sites for hydroxylation is 1. The van der Waals surface area contributed by atoms with Crippen LogP contribution in [-0.2, 0) is 18.4 Å². The molecule has 0 spiro atoms. The maximum Gasteiger partial charge on any atom is 0.135 e. The lowest BCUT2D eigenvalue weighted by Crippen LogP contribution is -2.30. The lowest BCUT2D eigenvalue weighted by molar-refractivity contribution is 0.660. The van der Waals surface area contributed by atoms with E-state index >= 15 is 0 Å². The molecule has 3 aliphatic rings. The lowest BCUT2D eigenvalue weighted by Gasteiger charge is -2.48. The third-order valence-electron chi connectivity index (χ3n) is 14.3. The molecule has 0 saturated carbocycles. The van der Waals surface area contributed by atoms with Crippen molar-refractivity contribution < 1.29 is 4.42 Å². The van der Waals surface area contributed by atoms with E-state index in [1.54, 1.807) is 0 Å². The summed E-state index contributed by atoms with van der Waals surface area (Å²) in [5, 5.41) is 1.97. The molecule has 8 aromatic carbocycles. The number of para-hydroxylation sites is 3. The van der Waals surface area contributed by atoms with Crippen molar-refractivity contribution in [1.29, 1.82) is 0 Å². The van der Waals surface area contributed by atoms with Crippen molar-refractivity contribution in [3.63, 3.8) is 0 Å². The molecule has 1 aliphatic carbocycles. The van der Waals surface area contributed by atoms with Crippen LogP contribution in [-0.4, -0.2) is 20.4 Å². The molecule has 306 valence electrons. The van der Waals surface area contributed by atoms with E-state index in [9.17, 15) is 0 Å². The number of fused-ring (bicyclic) bond motifs is 11. The zero-order valence-electron chi connectivity index (χ0n) is 36.6. The van der Waals surface area contributed by atoms with E-state index in [2.05, 4.69) is 189 Å². The Balaban J connectivity index is 1.24. The largest absolute Gasteiger partial charge is 0.456 e. The quantitative estimate of drug-likeness (QED) is 0.149. The van der Waals surface area contributed by atoms with E-state index in [-0.39, 0.29) is 5.41 Å². The Morgan fingerprint density at radius 1 is 0.651 bits per heavy atom. The molecule has 2 radical (unpaired) electrons. The minimum atomic E-state index is -1.31. The molecule has 5 heteroatoms. The summed E-state index contributed by atoms with van der Waals surface area (Å²) < 4.78 is 6.47. The molecule has 0 atom stereocenters. The number of hydrogen-bond acceptors (Lipinski definition) is 3. The van der Waals surface area contributed by atoms with E-state index in [0.29, 0.717) is 12.0 Å². The smallest absolute Gasteiger partial charge is 0.135 e. The fourth-order valence-electron chi connectivity index (χ4n) is 11.2. The van der Waals surface area contributed by atoms with Crippen LogP contribution < -0.4 is 15.3 Å². The molecule has 0 fully saturated rings. The van der Waals surface area contributed by atoms with Crippen molar-refractivity contribution in [3.05, 3.63) is 180 Å². The van der Waals surface area contributed by atoms with Crippen molar-refractivity contribution in [3.8, 4) is 33.4 Å². The van der Waals surface area contributed by atoms with Gasteiger partial charge in [0.05, 0.1) is 29.3 Å². The molecular formula is C58H49BN2OS. The number of anilines is 5. The Morgan fingerprint density at radius 3 is 2.24 bits per heavy atom. The molecule has 0 saturated heterocycles. The predicted octanol–water partition coefficient (Wildman–Crippen LogP) is 15.3. The van der Waals surface area contributed by atoms with Crippen molar-refractivity contribution in [2.45, 2.75) is 61.8 Å². The lowest BCUT2D eigenvalue weighted by atomic mass is 9.79. The summed E-state index contributed by atoms with van der Waals surface area (Å²) in [5.41, 5.74) is 20.9. The van der Waals surface area contributed by atoms with Gasteiger partial charge < -0.3 is 14.2 Å². The van der Waals surface area contributed by atoms with E-state index in [0.717, 1.165) is 58.3 Å². The summed E-state index contributed by atoms with van der Waals surface area (Å²) in [4.78, 5) is 8.02. The molecular weight excluding hydrogens is 784 g/mol. The number of rotatable bonds is 7. The topological polar surface area (TPSA) is 19.6 Å². The first kappa shape index (κ1) is 38.3. The van der Waals surface area contributed by atoms with Gasteiger partial charge in [-0.15, -0.1) is 0 Å². The number of furan rings is 1. The van der Waals surface area contributed by atoms with Gasteiger partial charge in [0.25, 0.3) is 0 Å². The molecule has 2 aliphatic heterocycles. The van der Waals surface area contributed by atoms with Crippen LogP contribution in [0.3, 0.4) is 0 Å². The highest BCUT2D eigenvalue weighted by molar-refractivity contribution is 8.33. The van der Waals surface area contributed by atoms with Crippen LogP contribution in [0.5, 0.6) is 0 Å².